The number of fused-ring (bicyclic) bond motifs is 1. The zero-order valence-electron chi connectivity index (χ0n) is 20.1. The van der Waals surface area contributed by atoms with Gasteiger partial charge in [0.15, 0.2) is 0 Å². The number of anilines is 2. The Morgan fingerprint density at radius 1 is 0.944 bits per heavy atom. The molecule has 5 rings (SSSR count). The summed E-state index contributed by atoms with van der Waals surface area (Å²) in [6.07, 6.45) is 3.97. The molecule has 1 amide bonds. The summed E-state index contributed by atoms with van der Waals surface area (Å²) in [6.45, 7) is 0. The monoisotopic (exact) mass is 481 g/mol. The standard InChI is InChI=1S/C28H27N5O3/c1-35-22-13-8-19(9-14-22)10-17-26(34)30-27-31-28-29-24(20-6-4-3-5-7-20)18-25(33(28)32-27)21-11-15-23(36-2)16-12-21/h3-17,24-25H,18H2,1-2H3,(H2,29,30,31,32,34)/b17-10+/t24-,25+/m1/s1. The van der Waals surface area contributed by atoms with Gasteiger partial charge in [-0.2, -0.15) is 4.98 Å². The second-order valence-electron chi connectivity index (χ2n) is 8.43. The van der Waals surface area contributed by atoms with E-state index >= 15 is 0 Å². The van der Waals surface area contributed by atoms with Crippen molar-refractivity contribution in [3.63, 3.8) is 0 Å². The van der Waals surface area contributed by atoms with E-state index in [2.05, 4.69) is 32.8 Å². The third kappa shape index (κ3) is 5.07. The number of aromatic nitrogens is 3. The fourth-order valence-corrected chi connectivity index (χ4v) is 4.28. The Kier molecular flexibility index (Phi) is 6.66. The first-order valence-corrected chi connectivity index (χ1v) is 11.7. The minimum absolute atomic E-state index is 0.0496. The summed E-state index contributed by atoms with van der Waals surface area (Å²) in [5.74, 6) is 2.09. The normalized spacial score (nSPS) is 16.7. The van der Waals surface area contributed by atoms with Gasteiger partial charge in [-0.1, -0.05) is 54.6 Å². The van der Waals surface area contributed by atoms with Crippen molar-refractivity contribution in [1.29, 1.82) is 0 Å². The Balaban J connectivity index is 1.38. The van der Waals surface area contributed by atoms with Crippen LogP contribution in [0, 0.1) is 0 Å². The molecule has 4 aromatic rings. The van der Waals surface area contributed by atoms with Gasteiger partial charge < -0.3 is 14.8 Å². The summed E-state index contributed by atoms with van der Waals surface area (Å²) in [6, 6.07) is 25.6. The Hall–Kier alpha value is -4.59. The van der Waals surface area contributed by atoms with Gasteiger partial charge in [0.25, 0.3) is 11.9 Å². The first-order chi connectivity index (χ1) is 17.6. The Bertz CT molecular complexity index is 1350. The molecule has 1 aliphatic heterocycles. The molecule has 0 spiro atoms. The van der Waals surface area contributed by atoms with Crippen molar-refractivity contribution in [1.82, 2.24) is 14.8 Å². The number of benzene rings is 3. The highest BCUT2D eigenvalue weighted by atomic mass is 16.5. The number of ether oxygens (including phenoxy) is 2. The van der Waals surface area contributed by atoms with E-state index in [1.165, 1.54) is 11.6 Å². The van der Waals surface area contributed by atoms with Gasteiger partial charge in [-0.3, -0.25) is 10.1 Å². The molecule has 0 bridgehead atoms. The lowest BCUT2D eigenvalue weighted by Crippen LogP contribution is -2.28. The summed E-state index contributed by atoms with van der Waals surface area (Å²) >= 11 is 0. The second kappa shape index (κ2) is 10.4. The molecule has 2 heterocycles. The van der Waals surface area contributed by atoms with Crippen LogP contribution >= 0.6 is 0 Å². The highest BCUT2D eigenvalue weighted by molar-refractivity contribution is 6.00. The SMILES string of the molecule is COc1ccc(/C=C/C(=O)Nc2nc3n(n2)[C@H](c2ccc(OC)cc2)C[C@H](c2ccccc2)N3)cc1. The Morgan fingerprint density at radius 2 is 1.61 bits per heavy atom. The van der Waals surface area contributed by atoms with Crippen LogP contribution in [0.1, 0.15) is 35.2 Å². The third-order valence-corrected chi connectivity index (χ3v) is 6.17. The highest BCUT2D eigenvalue weighted by Gasteiger charge is 2.31. The van der Waals surface area contributed by atoms with Gasteiger partial charge in [0.2, 0.25) is 5.95 Å². The summed E-state index contributed by atoms with van der Waals surface area (Å²) in [5.41, 5.74) is 3.13. The van der Waals surface area contributed by atoms with Crippen LogP contribution in [0.3, 0.4) is 0 Å². The lowest BCUT2D eigenvalue weighted by atomic mass is 9.93. The molecule has 0 fully saturated rings. The number of carbonyl (C=O) groups is 1. The molecule has 8 heteroatoms. The quantitative estimate of drug-likeness (QED) is 0.357. The molecule has 2 atom stereocenters. The molecular formula is C28H27N5O3. The van der Waals surface area contributed by atoms with Crippen molar-refractivity contribution in [2.24, 2.45) is 0 Å². The largest absolute Gasteiger partial charge is 0.497 e. The number of hydrogen-bond donors (Lipinski definition) is 2. The number of nitrogens with zero attached hydrogens (tertiary/aromatic N) is 3. The molecule has 182 valence electrons. The van der Waals surface area contributed by atoms with Crippen LogP contribution in [0.5, 0.6) is 11.5 Å². The molecular weight excluding hydrogens is 454 g/mol. The molecule has 3 aromatic carbocycles. The van der Waals surface area contributed by atoms with Crippen LogP contribution in [-0.4, -0.2) is 34.9 Å². The van der Waals surface area contributed by atoms with E-state index in [4.69, 9.17) is 9.47 Å². The van der Waals surface area contributed by atoms with Crippen LogP contribution in [0.4, 0.5) is 11.9 Å². The maximum Gasteiger partial charge on any atom is 0.250 e. The lowest BCUT2D eigenvalue weighted by molar-refractivity contribution is -0.111. The minimum Gasteiger partial charge on any atom is -0.497 e. The molecule has 1 aromatic heterocycles. The van der Waals surface area contributed by atoms with E-state index in [1.807, 2.05) is 71.4 Å². The molecule has 8 nitrogen and oxygen atoms in total. The Labute approximate surface area is 209 Å². The van der Waals surface area contributed by atoms with Gasteiger partial charge in [-0.25, -0.2) is 4.68 Å². The van der Waals surface area contributed by atoms with Gasteiger partial charge in [-0.15, -0.1) is 5.10 Å². The first kappa shape index (κ1) is 23.2. The van der Waals surface area contributed by atoms with Crippen LogP contribution in [-0.2, 0) is 4.79 Å². The van der Waals surface area contributed by atoms with Crippen LogP contribution in [0.2, 0.25) is 0 Å². The summed E-state index contributed by atoms with van der Waals surface area (Å²) in [7, 11) is 3.27. The fraction of sp³-hybridized carbons (Fsp3) is 0.179. The smallest absolute Gasteiger partial charge is 0.250 e. The van der Waals surface area contributed by atoms with Crippen molar-refractivity contribution in [3.05, 3.63) is 102 Å². The number of methoxy groups -OCH3 is 2. The summed E-state index contributed by atoms with van der Waals surface area (Å²) < 4.78 is 12.3. The molecule has 0 unspecified atom stereocenters. The number of hydrogen-bond acceptors (Lipinski definition) is 6. The van der Waals surface area contributed by atoms with Crippen molar-refractivity contribution in [2.45, 2.75) is 18.5 Å². The van der Waals surface area contributed by atoms with Gasteiger partial charge in [0, 0.05) is 6.08 Å². The van der Waals surface area contributed by atoms with E-state index in [-0.39, 0.29) is 23.9 Å². The van der Waals surface area contributed by atoms with Crippen molar-refractivity contribution in [3.8, 4) is 11.5 Å². The first-order valence-electron chi connectivity index (χ1n) is 11.7. The number of amides is 1. The van der Waals surface area contributed by atoms with Crippen LogP contribution in [0.25, 0.3) is 6.08 Å². The van der Waals surface area contributed by atoms with E-state index in [1.54, 1.807) is 20.3 Å². The van der Waals surface area contributed by atoms with Crippen LogP contribution < -0.4 is 20.1 Å². The molecule has 1 aliphatic rings. The highest BCUT2D eigenvalue weighted by Crippen LogP contribution is 2.38. The summed E-state index contributed by atoms with van der Waals surface area (Å²) in [4.78, 5) is 17.2. The van der Waals surface area contributed by atoms with Gasteiger partial charge in [0.1, 0.15) is 11.5 Å². The molecule has 0 saturated heterocycles. The van der Waals surface area contributed by atoms with Gasteiger partial charge in [0.05, 0.1) is 26.3 Å². The van der Waals surface area contributed by atoms with Crippen molar-refractivity contribution in [2.75, 3.05) is 24.9 Å². The van der Waals surface area contributed by atoms with Crippen molar-refractivity contribution >= 4 is 23.9 Å². The molecule has 0 aliphatic carbocycles. The number of nitrogens with one attached hydrogen (secondary N) is 2. The minimum atomic E-state index is -0.311. The van der Waals surface area contributed by atoms with E-state index in [9.17, 15) is 4.79 Å². The van der Waals surface area contributed by atoms with E-state index < -0.39 is 0 Å². The predicted octanol–water partition coefficient (Wildman–Crippen LogP) is 5.09. The zero-order valence-corrected chi connectivity index (χ0v) is 20.1. The molecule has 36 heavy (non-hydrogen) atoms. The van der Waals surface area contributed by atoms with Gasteiger partial charge >= 0.3 is 0 Å². The second-order valence-corrected chi connectivity index (χ2v) is 8.43. The average Bonchev–Trinajstić information content (AvgIpc) is 3.34. The maximum absolute atomic E-state index is 12.6. The summed E-state index contributed by atoms with van der Waals surface area (Å²) in [5, 5.41) is 10.9. The predicted molar refractivity (Wildman–Crippen MR) is 139 cm³/mol. The topological polar surface area (TPSA) is 90.3 Å². The Morgan fingerprint density at radius 3 is 2.28 bits per heavy atom. The third-order valence-electron chi connectivity index (χ3n) is 6.17. The fourth-order valence-electron chi connectivity index (χ4n) is 4.28. The average molecular weight is 482 g/mol. The van der Waals surface area contributed by atoms with E-state index in [0.29, 0.717) is 5.95 Å². The van der Waals surface area contributed by atoms with E-state index in [0.717, 1.165) is 29.0 Å². The number of rotatable bonds is 7. The zero-order chi connectivity index (χ0) is 24.9. The maximum atomic E-state index is 12.6. The molecule has 0 radical (unpaired) electrons. The molecule has 0 saturated carbocycles. The lowest BCUT2D eigenvalue weighted by Gasteiger charge is -2.31. The molecule has 2 N–H and O–H groups in total. The van der Waals surface area contributed by atoms with Crippen molar-refractivity contribution < 1.29 is 14.3 Å². The van der Waals surface area contributed by atoms with Crippen LogP contribution in [0.15, 0.2) is 84.9 Å². The van der Waals surface area contributed by atoms with Gasteiger partial charge in [-0.05, 0) is 53.5 Å². The number of carbonyl (C=O) groups excluding carboxylic acids is 1.